The molecule has 0 aromatic rings. The second-order valence-corrected chi connectivity index (χ2v) is 5.05. The molecular formula is C13H22N4O3. The second-order valence-electron chi connectivity index (χ2n) is 5.05. The molecule has 2 rings (SSSR count). The minimum absolute atomic E-state index is 0.297. The van der Waals surface area contributed by atoms with Crippen LogP contribution >= 0.6 is 0 Å². The molecular weight excluding hydrogens is 260 g/mol. The maximum absolute atomic E-state index is 12.3. The fraction of sp³-hybridized carbons (Fsp3) is 0.769. The highest BCUT2D eigenvalue weighted by Gasteiger charge is 2.37. The Balaban J connectivity index is 1.96. The van der Waals surface area contributed by atoms with Crippen LogP contribution < -0.4 is 0 Å². The summed E-state index contributed by atoms with van der Waals surface area (Å²) in [6, 6.07) is -0.324. The molecule has 0 aromatic heterocycles. The van der Waals surface area contributed by atoms with Gasteiger partial charge in [0, 0.05) is 45.8 Å². The Hall–Kier alpha value is -1.63. The van der Waals surface area contributed by atoms with E-state index < -0.39 is 11.8 Å². The summed E-state index contributed by atoms with van der Waals surface area (Å²) < 4.78 is 0. The molecule has 0 atom stereocenters. The van der Waals surface area contributed by atoms with Gasteiger partial charge in [-0.2, -0.15) is 0 Å². The number of piperazine rings is 2. The van der Waals surface area contributed by atoms with E-state index in [2.05, 4.69) is 11.8 Å². The number of nitrogens with zero attached hydrogens (tertiary/aromatic N) is 4. The van der Waals surface area contributed by atoms with Crippen LogP contribution in [-0.4, -0.2) is 89.8 Å². The van der Waals surface area contributed by atoms with Crippen LogP contribution in [0.1, 0.15) is 13.8 Å². The molecule has 0 spiro atoms. The maximum Gasteiger partial charge on any atom is 0.327 e. The van der Waals surface area contributed by atoms with E-state index in [0.717, 1.165) is 24.5 Å². The largest absolute Gasteiger partial charge is 0.333 e. The van der Waals surface area contributed by atoms with Crippen LogP contribution in [0.2, 0.25) is 0 Å². The Bertz CT molecular complexity index is 404. The zero-order valence-corrected chi connectivity index (χ0v) is 12.2. The van der Waals surface area contributed by atoms with E-state index in [4.69, 9.17) is 0 Å². The first kappa shape index (κ1) is 14.8. The summed E-state index contributed by atoms with van der Waals surface area (Å²) in [5.41, 5.74) is 0. The van der Waals surface area contributed by atoms with Gasteiger partial charge in [-0.25, -0.2) is 4.79 Å². The molecule has 2 heterocycles. The van der Waals surface area contributed by atoms with Gasteiger partial charge in [0.1, 0.15) is 0 Å². The number of urea groups is 1. The topological polar surface area (TPSA) is 64.2 Å². The summed E-state index contributed by atoms with van der Waals surface area (Å²) in [4.78, 5) is 42.6. The first-order valence-electron chi connectivity index (χ1n) is 7.20. The highest BCUT2D eigenvalue weighted by molar-refractivity contribution is 6.38. The summed E-state index contributed by atoms with van der Waals surface area (Å²) in [5, 5.41) is 0. The molecule has 2 aliphatic rings. The molecule has 0 aliphatic carbocycles. The molecule has 2 saturated heterocycles. The molecule has 4 amide bonds. The first-order valence-corrected chi connectivity index (χ1v) is 7.20. The van der Waals surface area contributed by atoms with Crippen LogP contribution in [0.3, 0.4) is 0 Å². The van der Waals surface area contributed by atoms with Crippen molar-refractivity contribution < 1.29 is 14.4 Å². The van der Waals surface area contributed by atoms with Gasteiger partial charge in [-0.05, 0) is 13.5 Å². The lowest BCUT2D eigenvalue weighted by atomic mass is 10.3. The second kappa shape index (κ2) is 6.21. The average molecular weight is 282 g/mol. The van der Waals surface area contributed by atoms with Gasteiger partial charge in [0.05, 0.1) is 0 Å². The zero-order chi connectivity index (χ0) is 14.7. The molecule has 0 bridgehead atoms. The number of imide groups is 1. The van der Waals surface area contributed by atoms with E-state index >= 15 is 0 Å². The number of hydrogen-bond donors (Lipinski definition) is 0. The van der Waals surface area contributed by atoms with Crippen LogP contribution in [0.4, 0.5) is 4.79 Å². The smallest absolute Gasteiger partial charge is 0.327 e. The van der Waals surface area contributed by atoms with Gasteiger partial charge in [0.15, 0.2) is 0 Å². The quantitative estimate of drug-likeness (QED) is 0.637. The van der Waals surface area contributed by atoms with Crippen LogP contribution in [0.15, 0.2) is 0 Å². The summed E-state index contributed by atoms with van der Waals surface area (Å²) in [5.74, 6) is -1.26. The Labute approximate surface area is 119 Å². The highest BCUT2D eigenvalue weighted by atomic mass is 16.2. The molecule has 2 aliphatic heterocycles. The van der Waals surface area contributed by atoms with Crippen LogP contribution in [0, 0.1) is 0 Å². The molecule has 0 N–H and O–H groups in total. The molecule has 0 unspecified atom stereocenters. The van der Waals surface area contributed by atoms with E-state index in [1.807, 2.05) is 6.92 Å². The van der Waals surface area contributed by atoms with Gasteiger partial charge >= 0.3 is 17.8 Å². The fourth-order valence-corrected chi connectivity index (χ4v) is 2.58. The number of carbonyl (C=O) groups excluding carboxylic acids is 3. The molecule has 7 nitrogen and oxygen atoms in total. The molecule has 20 heavy (non-hydrogen) atoms. The number of rotatable bonds is 2. The van der Waals surface area contributed by atoms with Crippen molar-refractivity contribution in [2.75, 3.05) is 52.4 Å². The Kier molecular flexibility index (Phi) is 4.59. The van der Waals surface area contributed by atoms with Gasteiger partial charge in [-0.3, -0.25) is 14.5 Å². The number of amides is 4. The third kappa shape index (κ3) is 2.77. The van der Waals surface area contributed by atoms with Gasteiger partial charge in [-0.15, -0.1) is 0 Å². The average Bonchev–Trinajstić information content (AvgIpc) is 2.49. The Morgan fingerprint density at radius 1 is 0.900 bits per heavy atom. The van der Waals surface area contributed by atoms with Crippen molar-refractivity contribution in [2.24, 2.45) is 0 Å². The summed E-state index contributed by atoms with van der Waals surface area (Å²) in [6.07, 6.45) is 0. The van der Waals surface area contributed by atoms with E-state index in [-0.39, 0.29) is 6.03 Å². The van der Waals surface area contributed by atoms with Gasteiger partial charge in [0.25, 0.3) is 0 Å². The lowest BCUT2D eigenvalue weighted by Crippen LogP contribution is -2.60. The normalized spacial score (nSPS) is 21.6. The van der Waals surface area contributed by atoms with Crippen LogP contribution in [0.5, 0.6) is 0 Å². The molecule has 0 radical (unpaired) electrons. The molecule has 2 fully saturated rings. The summed E-state index contributed by atoms with van der Waals surface area (Å²) >= 11 is 0. The number of hydrogen-bond acceptors (Lipinski definition) is 4. The van der Waals surface area contributed by atoms with Gasteiger partial charge in [-0.1, -0.05) is 6.92 Å². The van der Waals surface area contributed by atoms with Crippen LogP contribution in [0.25, 0.3) is 0 Å². The third-order valence-corrected chi connectivity index (χ3v) is 4.01. The van der Waals surface area contributed by atoms with Crippen molar-refractivity contribution in [2.45, 2.75) is 13.8 Å². The minimum Gasteiger partial charge on any atom is -0.333 e. The van der Waals surface area contributed by atoms with E-state index in [1.54, 1.807) is 4.90 Å². The van der Waals surface area contributed by atoms with Crippen LogP contribution in [-0.2, 0) is 9.59 Å². The van der Waals surface area contributed by atoms with Crippen molar-refractivity contribution in [3.8, 4) is 0 Å². The Morgan fingerprint density at radius 3 is 2.10 bits per heavy atom. The number of likely N-dealkylation sites (N-methyl/N-ethyl adjacent to an activating group) is 2. The van der Waals surface area contributed by atoms with Crippen molar-refractivity contribution >= 4 is 17.8 Å². The summed E-state index contributed by atoms with van der Waals surface area (Å²) in [7, 11) is 0. The first-order chi connectivity index (χ1) is 9.58. The van der Waals surface area contributed by atoms with Gasteiger partial charge in [0.2, 0.25) is 0 Å². The lowest BCUT2D eigenvalue weighted by Gasteiger charge is -2.38. The summed E-state index contributed by atoms with van der Waals surface area (Å²) in [6.45, 7) is 8.97. The predicted molar refractivity (Wildman–Crippen MR) is 73.1 cm³/mol. The highest BCUT2D eigenvalue weighted by Crippen LogP contribution is 2.10. The minimum atomic E-state index is -0.693. The fourth-order valence-electron chi connectivity index (χ4n) is 2.58. The van der Waals surface area contributed by atoms with Crippen molar-refractivity contribution in [1.29, 1.82) is 0 Å². The van der Waals surface area contributed by atoms with Crippen molar-refractivity contribution in [3.63, 3.8) is 0 Å². The molecule has 112 valence electrons. The predicted octanol–water partition coefficient (Wildman–Crippen LogP) is -0.565. The number of carbonyl (C=O) groups is 3. The van der Waals surface area contributed by atoms with E-state index in [0.29, 0.717) is 32.7 Å². The van der Waals surface area contributed by atoms with Crippen molar-refractivity contribution in [1.82, 2.24) is 19.6 Å². The monoisotopic (exact) mass is 282 g/mol. The van der Waals surface area contributed by atoms with Crippen molar-refractivity contribution in [3.05, 3.63) is 0 Å². The Morgan fingerprint density at radius 2 is 1.55 bits per heavy atom. The molecule has 0 aromatic carbocycles. The molecule has 7 heteroatoms. The third-order valence-electron chi connectivity index (χ3n) is 4.01. The van der Waals surface area contributed by atoms with Gasteiger partial charge < -0.3 is 14.7 Å². The SMILES string of the molecule is CCN1CCN(C(=O)N2CCN(CC)C(=O)C2=O)CC1. The van der Waals surface area contributed by atoms with E-state index in [9.17, 15) is 14.4 Å². The molecule has 0 saturated carbocycles. The lowest BCUT2D eigenvalue weighted by molar-refractivity contribution is -0.154. The zero-order valence-electron chi connectivity index (χ0n) is 12.2. The standard InChI is InChI=1S/C13H22N4O3/c1-3-14-5-7-16(8-6-14)13(20)17-10-9-15(4-2)11(18)12(17)19/h3-10H2,1-2H3. The maximum atomic E-state index is 12.3. The van der Waals surface area contributed by atoms with E-state index in [1.165, 1.54) is 4.90 Å².